The number of benzene rings is 1. The van der Waals surface area contributed by atoms with Gasteiger partial charge in [0.2, 0.25) is 0 Å². The minimum Gasteiger partial charge on any atom is -0.493 e. The summed E-state index contributed by atoms with van der Waals surface area (Å²) in [6.45, 7) is 7.29. The monoisotopic (exact) mass is 439 g/mol. The molecule has 0 spiro atoms. The lowest BCUT2D eigenvalue weighted by Gasteiger charge is -2.21. The molecule has 31 heavy (non-hydrogen) atoms. The molecule has 0 fully saturated rings. The SMILES string of the molecule is CCOC(=O)C(OCC)c1c(C)sc(-c2cccn2C)c1-c1ccc2c(c1)CCCO2. The largest absolute Gasteiger partial charge is 0.493 e. The standard InChI is InChI=1S/C25H29NO4S/c1-5-28-23(25(27)29-6-2)21-16(3)31-24(19-10-7-13-26(19)4)22(21)18-11-12-20-17(15-18)9-8-14-30-20/h7,10-13,15,23H,5-6,8-9,14H2,1-4H3. The van der Waals surface area contributed by atoms with Crippen LogP contribution in [0.15, 0.2) is 36.5 Å². The predicted octanol–water partition coefficient (Wildman–Crippen LogP) is 5.69. The molecule has 5 nitrogen and oxygen atoms in total. The van der Waals surface area contributed by atoms with Gasteiger partial charge in [-0.05, 0) is 69.0 Å². The number of aryl methyl sites for hydroxylation is 3. The van der Waals surface area contributed by atoms with Crippen molar-refractivity contribution in [2.75, 3.05) is 19.8 Å². The van der Waals surface area contributed by atoms with Crippen LogP contribution in [-0.4, -0.2) is 30.4 Å². The summed E-state index contributed by atoms with van der Waals surface area (Å²) < 4.78 is 19.3. The molecule has 3 aromatic rings. The van der Waals surface area contributed by atoms with E-state index in [1.165, 1.54) is 5.56 Å². The van der Waals surface area contributed by atoms with Gasteiger partial charge in [0.05, 0.1) is 23.8 Å². The highest BCUT2D eigenvalue weighted by atomic mass is 32.1. The van der Waals surface area contributed by atoms with E-state index in [1.54, 1.807) is 11.3 Å². The summed E-state index contributed by atoms with van der Waals surface area (Å²) in [7, 11) is 2.04. The van der Waals surface area contributed by atoms with Crippen LogP contribution < -0.4 is 4.74 Å². The van der Waals surface area contributed by atoms with Crippen molar-refractivity contribution in [3.63, 3.8) is 0 Å². The van der Waals surface area contributed by atoms with Crippen LogP contribution in [0.5, 0.6) is 5.75 Å². The number of carbonyl (C=O) groups excluding carboxylic acids is 1. The molecule has 0 bridgehead atoms. The first-order valence-corrected chi connectivity index (χ1v) is 11.7. The minimum absolute atomic E-state index is 0.321. The lowest BCUT2D eigenvalue weighted by atomic mass is 9.93. The molecule has 1 aliphatic heterocycles. The number of carbonyl (C=O) groups is 1. The van der Waals surface area contributed by atoms with Crippen LogP contribution in [0.25, 0.3) is 21.7 Å². The summed E-state index contributed by atoms with van der Waals surface area (Å²) in [6.07, 6.45) is 3.30. The van der Waals surface area contributed by atoms with Crippen LogP contribution in [0.3, 0.4) is 0 Å². The van der Waals surface area contributed by atoms with E-state index in [0.29, 0.717) is 13.2 Å². The van der Waals surface area contributed by atoms with E-state index >= 15 is 0 Å². The summed E-state index contributed by atoms with van der Waals surface area (Å²) in [4.78, 5) is 15.1. The lowest BCUT2D eigenvalue weighted by molar-refractivity contribution is -0.157. The molecule has 0 aliphatic carbocycles. The molecule has 1 unspecified atom stereocenters. The molecule has 1 atom stereocenters. The van der Waals surface area contributed by atoms with E-state index in [9.17, 15) is 4.79 Å². The second-order valence-corrected chi connectivity index (χ2v) is 8.87. The van der Waals surface area contributed by atoms with Crippen LogP contribution in [0.1, 0.15) is 42.4 Å². The van der Waals surface area contributed by atoms with Crippen LogP contribution in [0.2, 0.25) is 0 Å². The van der Waals surface area contributed by atoms with Gasteiger partial charge in [-0.1, -0.05) is 6.07 Å². The van der Waals surface area contributed by atoms with Crippen molar-refractivity contribution in [2.24, 2.45) is 7.05 Å². The van der Waals surface area contributed by atoms with Crippen molar-refractivity contribution in [1.29, 1.82) is 0 Å². The highest BCUT2D eigenvalue weighted by Crippen LogP contribution is 2.47. The number of hydrogen-bond acceptors (Lipinski definition) is 5. The quantitative estimate of drug-likeness (QED) is 0.444. The number of thiophene rings is 1. The zero-order valence-corrected chi connectivity index (χ0v) is 19.4. The number of fused-ring (bicyclic) bond motifs is 1. The molecular formula is C25H29NO4S. The molecule has 0 saturated carbocycles. The van der Waals surface area contributed by atoms with Gasteiger partial charge in [-0.3, -0.25) is 0 Å². The first kappa shape index (κ1) is 21.7. The maximum absolute atomic E-state index is 12.9. The van der Waals surface area contributed by atoms with Crippen molar-refractivity contribution in [1.82, 2.24) is 4.57 Å². The van der Waals surface area contributed by atoms with Crippen molar-refractivity contribution in [2.45, 2.75) is 39.7 Å². The molecule has 0 amide bonds. The molecule has 164 valence electrons. The second kappa shape index (κ2) is 9.28. The van der Waals surface area contributed by atoms with E-state index < -0.39 is 6.10 Å². The molecule has 0 radical (unpaired) electrons. The van der Waals surface area contributed by atoms with E-state index in [-0.39, 0.29) is 5.97 Å². The highest BCUT2D eigenvalue weighted by Gasteiger charge is 2.32. The van der Waals surface area contributed by atoms with Gasteiger partial charge < -0.3 is 18.8 Å². The molecule has 2 aromatic heterocycles. The third-order valence-electron chi connectivity index (χ3n) is 5.60. The van der Waals surface area contributed by atoms with Gasteiger partial charge in [-0.2, -0.15) is 0 Å². The van der Waals surface area contributed by atoms with Crippen molar-refractivity contribution in [3.05, 3.63) is 52.5 Å². The third kappa shape index (κ3) is 4.14. The number of aromatic nitrogens is 1. The Bertz CT molecular complexity index is 1080. The van der Waals surface area contributed by atoms with E-state index in [4.69, 9.17) is 14.2 Å². The van der Waals surface area contributed by atoms with Crippen molar-refractivity contribution < 1.29 is 19.0 Å². The summed E-state index contributed by atoms with van der Waals surface area (Å²) in [6, 6.07) is 10.5. The van der Waals surface area contributed by atoms with Crippen molar-refractivity contribution in [3.8, 4) is 27.4 Å². The topological polar surface area (TPSA) is 49.7 Å². The van der Waals surface area contributed by atoms with Gasteiger partial charge in [-0.25, -0.2) is 4.79 Å². The minimum atomic E-state index is -0.752. The first-order valence-electron chi connectivity index (χ1n) is 10.8. The Balaban J connectivity index is 1.94. The molecule has 1 aliphatic rings. The Morgan fingerprint density at radius 2 is 2.10 bits per heavy atom. The zero-order chi connectivity index (χ0) is 22.0. The smallest absolute Gasteiger partial charge is 0.339 e. The fraction of sp³-hybridized carbons (Fsp3) is 0.400. The lowest BCUT2D eigenvalue weighted by Crippen LogP contribution is -2.20. The van der Waals surface area contributed by atoms with Gasteiger partial charge in [0.25, 0.3) is 0 Å². The van der Waals surface area contributed by atoms with E-state index in [0.717, 1.165) is 57.3 Å². The van der Waals surface area contributed by atoms with Crippen molar-refractivity contribution >= 4 is 17.3 Å². The van der Waals surface area contributed by atoms with Gasteiger partial charge in [0.15, 0.2) is 6.10 Å². The zero-order valence-electron chi connectivity index (χ0n) is 18.6. The Hall–Kier alpha value is -2.57. The maximum atomic E-state index is 12.9. The second-order valence-electron chi connectivity index (χ2n) is 7.64. The van der Waals surface area contributed by atoms with Gasteiger partial charge >= 0.3 is 5.97 Å². The molecule has 6 heteroatoms. The normalized spacial score (nSPS) is 14.1. The molecule has 0 saturated heterocycles. The average Bonchev–Trinajstić information content (AvgIpc) is 3.34. The molecule has 1 aromatic carbocycles. The van der Waals surface area contributed by atoms with Gasteiger partial charge in [0.1, 0.15) is 5.75 Å². The Morgan fingerprint density at radius 3 is 2.81 bits per heavy atom. The molecular weight excluding hydrogens is 410 g/mol. The summed E-state index contributed by atoms with van der Waals surface area (Å²) in [5, 5.41) is 0. The van der Waals surface area contributed by atoms with Crippen LogP contribution in [-0.2, 0) is 27.7 Å². The van der Waals surface area contributed by atoms with E-state index in [1.807, 2.05) is 33.2 Å². The predicted molar refractivity (Wildman–Crippen MR) is 124 cm³/mol. The van der Waals surface area contributed by atoms with Crippen LogP contribution in [0.4, 0.5) is 0 Å². The summed E-state index contributed by atoms with van der Waals surface area (Å²) in [5.74, 6) is 0.613. The first-order chi connectivity index (χ1) is 15.0. The fourth-order valence-electron chi connectivity index (χ4n) is 4.21. The molecule has 4 rings (SSSR count). The maximum Gasteiger partial charge on any atom is 0.339 e. The Morgan fingerprint density at radius 1 is 1.26 bits per heavy atom. The average molecular weight is 440 g/mol. The number of esters is 1. The molecule has 3 heterocycles. The Kier molecular flexibility index (Phi) is 6.49. The van der Waals surface area contributed by atoms with Crippen LogP contribution >= 0.6 is 11.3 Å². The summed E-state index contributed by atoms with van der Waals surface area (Å²) in [5.41, 5.74) is 5.35. The fourth-order valence-corrected chi connectivity index (χ4v) is 5.48. The third-order valence-corrected chi connectivity index (χ3v) is 6.74. The number of hydrogen-bond donors (Lipinski definition) is 0. The number of rotatable bonds is 7. The van der Waals surface area contributed by atoms with Gasteiger partial charge in [-0.15, -0.1) is 11.3 Å². The summed E-state index contributed by atoms with van der Waals surface area (Å²) >= 11 is 1.69. The Labute approximate surface area is 187 Å². The van der Waals surface area contributed by atoms with Gasteiger partial charge in [0, 0.05) is 35.9 Å². The van der Waals surface area contributed by atoms with Crippen LogP contribution in [0, 0.1) is 6.92 Å². The molecule has 0 N–H and O–H groups in total. The number of nitrogens with zero attached hydrogens (tertiary/aromatic N) is 1. The van der Waals surface area contributed by atoms with E-state index in [2.05, 4.69) is 35.8 Å². The number of ether oxygens (including phenoxy) is 3. The highest BCUT2D eigenvalue weighted by molar-refractivity contribution is 7.16.